The van der Waals surface area contributed by atoms with Crippen LogP contribution >= 0.6 is 45.2 Å². The highest BCUT2D eigenvalue weighted by Crippen LogP contribution is 2.33. The molecule has 0 aliphatic carbocycles. The Morgan fingerprint density at radius 1 is 0.615 bits per heavy atom. The van der Waals surface area contributed by atoms with Crippen LogP contribution in [0.25, 0.3) is 33.8 Å². The lowest BCUT2D eigenvalue weighted by atomic mass is 9.98. The number of hydrogen-bond acceptors (Lipinski definition) is 3. The van der Waals surface area contributed by atoms with Gasteiger partial charge in [0.2, 0.25) is 0 Å². The molecule has 0 saturated heterocycles. The van der Waals surface area contributed by atoms with Gasteiger partial charge in [-0.25, -0.2) is 15.0 Å². The van der Waals surface area contributed by atoms with Gasteiger partial charge in [0.25, 0.3) is 0 Å². The fourth-order valence-electron chi connectivity index (χ4n) is 2.73. The van der Waals surface area contributed by atoms with E-state index in [-0.39, 0.29) is 0 Å². The maximum absolute atomic E-state index is 4.95. The van der Waals surface area contributed by atoms with E-state index in [9.17, 15) is 0 Å². The number of hydrogen-bond donors (Lipinski definition) is 0. The van der Waals surface area contributed by atoms with Crippen molar-refractivity contribution in [2.75, 3.05) is 0 Å². The van der Waals surface area contributed by atoms with Crippen LogP contribution in [-0.2, 0) is 0 Å². The molecule has 0 atom stereocenters. The Labute approximate surface area is 179 Å². The van der Waals surface area contributed by atoms with Gasteiger partial charge in [0.05, 0.1) is 17.1 Å². The average molecular weight is 561 g/mol. The highest BCUT2D eigenvalue weighted by Gasteiger charge is 2.12. The fourth-order valence-corrected chi connectivity index (χ4v) is 3.45. The lowest BCUT2D eigenvalue weighted by Gasteiger charge is -2.12. The zero-order valence-electron chi connectivity index (χ0n) is 13.6. The van der Waals surface area contributed by atoms with Gasteiger partial charge in [-0.05, 0) is 93.2 Å². The zero-order valence-corrected chi connectivity index (χ0v) is 17.9. The summed E-state index contributed by atoms with van der Waals surface area (Å²) in [5.74, 6) is 0. The van der Waals surface area contributed by atoms with E-state index in [0.29, 0.717) is 0 Å². The number of aromatic nitrogens is 3. The molecule has 0 amide bonds. The Hall–Kier alpha value is -1.87. The Kier molecular flexibility index (Phi) is 5.26. The molecule has 2 heterocycles. The molecule has 26 heavy (non-hydrogen) atoms. The summed E-state index contributed by atoms with van der Waals surface area (Å²) in [6, 6.07) is 23.0. The summed E-state index contributed by atoms with van der Waals surface area (Å²) in [4.78, 5) is 13.3. The summed E-state index contributed by atoms with van der Waals surface area (Å²) in [6.07, 6.45) is 3.29. The van der Waals surface area contributed by atoms with Crippen LogP contribution in [0.15, 0.2) is 79.3 Å². The molecule has 0 radical (unpaired) electrons. The second kappa shape index (κ2) is 7.79. The smallest absolute Gasteiger partial charge is 0.116 e. The summed E-state index contributed by atoms with van der Waals surface area (Å²) in [5.41, 5.74) is 5.98. The zero-order chi connectivity index (χ0) is 17.9. The topological polar surface area (TPSA) is 38.7 Å². The van der Waals surface area contributed by atoms with E-state index in [4.69, 9.17) is 4.98 Å². The molecule has 2 aromatic heterocycles. The van der Waals surface area contributed by atoms with Gasteiger partial charge in [-0.15, -0.1) is 0 Å². The van der Waals surface area contributed by atoms with E-state index in [1.165, 1.54) is 7.14 Å². The third kappa shape index (κ3) is 3.78. The van der Waals surface area contributed by atoms with E-state index in [0.717, 1.165) is 33.8 Å². The molecule has 0 bridgehead atoms. The van der Waals surface area contributed by atoms with E-state index in [1.807, 2.05) is 12.1 Å². The standard InChI is InChI=1S/C21H13I2N3/c22-16-5-1-14(2-6-16)18-9-10-20(19-11-12-24-13-25-19)26-21(18)15-3-7-17(23)8-4-15/h1-13H. The Morgan fingerprint density at radius 2 is 1.27 bits per heavy atom. The summed E-state index contributed by atoms with van der Waals surface area (Å²) < 4.78 is 2.42. The maximum atomic E-state index is 4.95. The number of pyridine rings is 1. The van der Waals surface area contributed by atoms with Crippen LogP contribution in [0.4, 0.5) is 0 Å². The number of nitrogens with zero attached hydrogens (tertiary/aromatic N) is 3. The van der Waals surface area contributed by atoms with E-state index in [2.05, 4.69) is 110 Å². The van der Waals surface area contributed by atoms with E-state index in [1.54, 1.807) is 12.5 Å². The maximum Gasteiger partial charge on any atom is 0.116 e. The summed E-state index contributed by atoms with van der Waals surface area (Å²) in [7, 11) is 0. The monoisotopic (exact) mass is 561 g/mol. The van der Waals surface area contributed by atoms with Gasteiger partial charge in [-0.2, -0.15) is 0 Å². The van der Waals surface area contributed by atoms with Gasteiger partial charge in [-0.3, -0.25) is 0 Å². The summed E-state index contributed by atoms with van der Waals surface area (Å²) in [5, 5.41) is 0. The predicted octanol–water partition coefficient (Wildman–Crippen LogP) is 6.08. The molecule has 4 aromatic rings. The SMILES string of the molecule is Ic1ccc(-c2ccc(-c3ccncn3)nc2-c2ccc(I)cc2)cc1. The minimum absolute atomic E-state index is 0.820. The lowest BCUT2D eigenvalue weighted by molar-refractivity contribution is 1.15. The van der Waals surface area contributed by atoms with Crippen LogP contribution in [0, 0.1) is 7.14 Å². The second-order valence-electron chi connectivity index (χ2n) is 5.70. The second-order valence-corrected chi connectivity index (χ2v) is 8.19. The molecule has 4 rings (SSSR count). The average Bonchev–Trinajstić information content (AvgIpc) is 2.70. The van der Waals surface area contributed by atoms with Crippen LogP contribution in [0.1, 0.15) is 0 Å². The normalized spacial score (nSPS) is 10.7. The van der Waals surface area contributed by atoms with Gasteiger partial charge in [-0.1, -0.05) is 24.3 Å². The van der Waals surface area contributed by atoms with Crippen LogP contribution in [0.3, 0.4) is 0 Å². The first-order valence-electron chi connectivity index (χ1n) is 8.00. The van der Waals surface area contributed by atoms with Gasteiger partial charge >= 0.3 is 0 Å². The third-order valence-corrected chi connectivity index (χ3v) is 5.45. The molecule has 126 valence electrons. The third-order valence-electron chi connectivity index (χ3n) is 4.01. The largest absolute Gasteiger partial charge is 0.245 e. The van der Waals surface area contributed by atoms with Crippen molar-refractivity contribution in [1.82, 2.24) is 15.0 Å². The van der Waals surface area contributed by atoms with Crippen molar-refractivity contribution in [3.8, 4) is 33.8 Å². The van der Waals surface area contributed by atoms with Gasteiger partial charge in [0.1, 0.15) is 6.33 Å². The highest BCUT2D eigenvalue weighted by atomic mass is 127. The van der Waals surface area contributed by atoms with Gasteiger partial charge < -0.3 is 0 Å². The summed E-state index contributed by atoms with van der Waals surface area (Å²) >= 11 is 4.64. The van der Waals surface area contributed by atoms with Crippen molar-refractivity contribution in [3.63, 3.8) is 0 Å². The van der Waals surface area contributed by atoms with Crippen molar-refractivity contribution >= 4 is 45.2 Å². The predicted molar refractivity (Wildman–Crippen MR) is 122 cm³/mol. The molecule has 0 aliphatic heterocycles. The first-order chi connectivity index (χ1) is 12.7. The van der Waals surface area contributed by atoms with Crippen LogP contribution in [-0.4, -0.2) is 15.0 Å². The quantitative estimate of drug-likeness (QED) is 0.285. The molecule has 0 N–H and O–H groups in total. The molecule has 0 aliphatic rings. The Bertz CT molecular complexity index is 1030. The van der Waals surface area contributed by atoms with Crippen molar-refractivity contribution in [2.24, 2.45) is 0 Å². The van der Waals surface area contributed by atoms with Crippen LogP contribution < -0.4 is 0 Å². The van der Waals surface area contributed by atoms with E-state index < -0.39 is 0 Å². The molecular formula is C21H13I2N3. The van der Waals surface area contributed by atoms with Crippen molar-refractivity contribution < 1.29 is 0 Å². The first-order valence-corrected chi connectivity index (χ1v) is 10.2. The molecular weight excluding hydrogens is 548 g/mol. The number of rotatable bonds is 3. The van der Waals surface area contributed by atoms with Crippen LogP contribution in [0.2, 0.25) is 0 Å². The minimum Gasteiger partial charge on any atom is -0.245 e. The molecule has 5 heteroatoms. The minimum atomic E-state index is 0.820. The summed E-state index contributed by atoms with van der Waals surface area (Å²) in [6.45, 7) is 0. The van der Waals surface area contributed by atoms with Gasteiger partial charge in [0, 0.05) is 24.5 Å². The molecule has 0 fully saturated rings. The number of benzene rings is 2. The van der Waals surface area contributed by atoms with Crippen molar-refractivity contribution in [3.05, 3.63) is 86.4 Å². The Balaban J connectivity index is 1.90. The fraction of sp³-hybridized carbons (Fsp3) is 0. The lowest BCUT2D eigenvalue weighted by Crippen LogP contribution is -1.94. The van der Waals surface area contributed by atoms with E-state index >= 15 is 0 Å². The molecule has 2 aromatic carbocycles. The van der Waals surface area contributed by atoms with Crippen molar-refractivity contribution in [2.45, 2.75) is 0 Å². The first kappa shape index (κ1) is 17.5. The number of halogens is 2. The molecule has 3 nitrogen and oxygen atoms in total. The van der Waals surface area contributed by atoms with Gasteiger partial charge in [0.15, 0.2) is 0 Å². The molecule has 0 spiro atoms. The Morgan fingerprint density at radius 3 is 1.88 bits per heavy atom. The van der Waals surface area contributed by atoms with Crippen molar-refractivity contribution in [1.29, 1.82) is 0 Å². The molecule has 0 saturated carbocycles. The molecule has 0 unspecified atom stereocenters. The van der Waals surface area contributed by atoms with Crippen LogP contribution in [0.5, 0.6) is 0 Å². The highest BCUT2D eigenvalue weighted by molar-refractivity contribution is 14.1.